The average molecular weight is 475 g/mol. The summed E-state index contributed by atoms with van der Waals surface area (Å²) in [5.74, 6) is -0.733. The van der Waals surface area contributed by atoms with E-state index in [1.165, 1.54) is 19.1 Å². The maximum absolute atomic E-state index is 12.3. The number of aryl methyl sites for hydroxylation is 1. The van der Waals surface area contributed by atoms with Gasteiger partial charge in [0, 0.05) is 12.1 Å². The SMILES string of the molecule is CCn1c(O)c(N=Nc2cc(CCN)c(C)cc2S(=O)(=O)O)c(C)c(S(=O)(=O)O)c1=O. The van der Waals surface area contributed by atoms with Crippen molar-refractivity contribution in [3.8, 4) is 5.88 Å². The second kappa shape index (κ2) is 8.84. The number of azo groups is 1. The van der Waals surface area contributed by atoms with Crippen LogP contribution >= 0.6 is 0 Å². The Kier molecular flexibility index (Phi) is 7.02. The summed E-state index contributed by atoms with van der Waals surface area (Å²) >= 11 is 0. The quantitative estimate of drug-likeness (QED) is 0.339. The van der Waals surface area contributed by atoms with Crippen LogP contribution in [0.15, 0.2) is 36.9 Å². The number of aromatic nitrogens is 1. The molecule has 12 nitrogen and oxygen atoms in total. The van der Waals surface area contributed by atoms with E-state index < -0.39 is 47.2 Å². The molecule has 0 bridgehead atoms. The number of pyridine rings is 1. The van der Waals surface area contributed by atoms with Gasteiger partial charge in [0.15, 0.2) is 10.6 Å². The van der Waals surface area contributed by atoms with Crippen LogP contribution in [0.3, 0.4) is 0 Å². The van der Waals surface area contributed by atoms with Crippen molar-refractivity contribution in [2.24, 2.45) is 16.0 Å². The molecule has 2 aromatic rings. The minimum absolute atomic E-state index is 0.155. The van der Waals surface area contributed by atoms with Crippen LogP contribution in [0.25, 0.3) is 0 Å². The molecule has 1 aromatic carbocycles. The molecule has 170 valence electrons. The minimum Gasteiger partial charge on any atom is -0.493 e. The first kappa shape index (κ1) is 24.6. The molecule has 0 radical (unpaired) electrons. The molecule has 0 saturated carbocycles. The Balaban J connectivity index is 2.85. The second-order valence-corrected chi connectivity index (χ2v) is 9.36. The molecule has 31 heavy (non-hydrogen) atoms. The second-order valence-electron chi connectivity index (χ2n) is 6.61. The molecule has 0 aliphatic carbocycles. The molecule has 14 heteroatoms. The van der Waals surface area contributed by atoms with Gasteiger partial charge >= 0.3 is 0 Å². The Labute approximate surface area is 178 Å². The molecule has 0 unspecified atom stereocenters. The van der Waals surface area contributed by atoms with E-state index in [0.29, 0.717) is 22.1 Å². The maximum atomic E-state index is 12.3. The smallest absolute Gasteiger partial charge is 0.300 e. The summed E-state index contributed by atoms with van der Waals surface area (Å²) < 4.78 is 66.5. The van der Waals surface area contributed by atoms with Gasteiger partial charge in [-0.1, -0.05) is 0 Å². The van der Waals surface area contributed by atoms with E-state index in [1.54, 1.807) is 6.92 Å². The fraction of sp³-hybridized carbons (Fsp3) is 0.353. The van der Waals surface area contributed by atoms with E-state index in [-0.39, 0.29) is 24.3 Å². The van der Waals surface area contributed by atoms with Crippen LogP contribution in [-0.4, -0.2) is 42.2 Å². The van der Waals surface area contributed by atoms with E-state index >= 15 is 0 Å². The van der Waals surface area contributed by atoms with E-state index in [2.05, 4.69) is 10.2 Å². The summed E-state index contributed by atoms with van der Waals surface area (Å²) in [7, 11) is -9.67. The topological polar surface area (TPSA) is 202 Å². The van der Waals surface area contributed by atoms with E-state index in [9.17, 15) is 35.8 Å². The van der Waals surface area contributed by atoms with Crippen LogP contribution in [0.5, 0.6) is 5.88 Å². The molecule has 5 N–H and O–H groups in total. The highest BCUT2D eigenvalue weighted by atomic mass is 32.2. The van der Waals surface area contributed by atoms with Crippen molar-refractivity contribution in [2.45, 2.75) is 43.5 Å². The van der Waals surface area contributed by atoms with E-state index in [4.69, 9.17) is 5.73 Å². The van der Waals surface area contributed by atoms with Crippen LogP contribution in [0.2, 0.25) is 0 Å². The standard InChI is InChI=1S/C17H22N4O8S2/c1-4-21-16(22)14(10(3)15(17(21)23)31(27,28)29)20-19-12-8-11(5-6-18)9(2)7-13(12)30(24,25)26/h7-8,22H,4-6,18H2,1-3H3,(H,24,25,26)(H,27,28,29). The first-order chi connectivity index (χ1) is 14.2. The van der Waals surface area contributed by atoms with Gasteiger partial charge in [-0.3, -0.25) is 18.5 Å². The Bertz CT molecular complexity index is 1330. The largest absolute Gasteiger partial charge is 0.493 e. The predicted octanol–water partition coefficient (Wildman–Crippen LogP) is 1.60. The number of nitrogens with zero attached hydrogens (tertiary/aromatic N) is 3. The van der Waals surface area contributed by atoms with Crippen LogP contribution in [0.1, 0.15) is 23.6 Å². The molecule has 1 aromatic heterocycles. The first-order valence-electron chi connectivity index (χ1n) is 8.90. The highest BCUT2D eigenvalue weighted by Crippen LogP contribution is 2.35. The molecule has 0 amide bonds. The van der Waals surface area contributed by atoms with Crippen molar-refractivity contribution in [1.82, 2.24) is 4.57 Å². The van der Waals surface area contributed by atoms with Crippen LogP contribution in [-0.2, 0) is 33.2 Å². The van der Waals surface area contributed by atoms with Crippen molar-refractivity contribution in [1.29, 1.82) is 0 Å². The van der Waals surface area contributed by atoms with Crippen molar-refractivity contribution >= 4 is 31.6 Å². The van der Waals surface area contributed by atoms with Crippen LogP contribution in [0, 0.1) is 13.8 Å². The molecule has 0 fully saturated rings. The lowest BCUT2D eigenvalue weighted by Gasteiger charge is -2.13. The number of hydrogen-bond acceptors (Lipinski definition) is 9. The van der Waals surface area contributed by atoms with Gasteiger partial charge in [-0.2, -0.15) is 16.8 Å². The van der Waals surface area contributed by atoms with Gasteiger partial charge in [-0.15, -0.1) is 10.2 Å². The molecule has 0 aliphatic heterocycles. The monoisotopic (exact) mass is 474 g/mol. The molecule has 0 atom stereocenters. The lowest BCUT2D eigenvalue weighted by Crippen LogP contribution is -2.26. The average Bonchev–Trinajstić information content (AvgIpc) is 2.62. The Morgan fingerprint density at radius 3 is 2.16 bits per heavy atom. The van der Waals surface area contributed by atoms with Crippen molar-refractivity contribution < 1.29 is 31.0 Å². The third kappa shape index (κ3) is 4.99. The maximum Gasteiger partial charge on any atom is 0.300 e. The lowest BCUT2D eigenvalue weighted by molar-refractivity contribution is 0.407. The molecule has 0 spiro atoms. The van der Waals surface area contributed by atoms with Crippen LogP contribution < -0.4 is 11.3 Å². The third-order valence-electron chi connectivity index (χ3n) is 4.54. The zero-order chi connectivity index (χ0) is 23.7. The van der Waals surface area contributed by atoms with Gasteiger partial charge in [0.05, 0.1) is 0 Å². The number of aromatic hydroxyl groups is 1. The van der Waals surface area contributed by atoms with Gasteiger partial charge in [-0.05, 0) is 57.0 Å². The fourth-order valence-electron chi connectivity index (χ4n) is 3.03. The highest BCUT2D eigenvalue weighted by molar-refractivity contribution is 7.86. The van der Waals surface area contributed by atoms with Gasteiger partial charge < -0.3 is 10.8 Å². The summed E-state index contributed by atoms with van der Waals surface area (Å²) in [6.07, 6.45) is 0.373. The summed E-state index contributed by atoms with van der Waals surface area (Å²) in [5, 5.41) is 17.9. The molecular weight excluding hydrogens is 452 g/mol. The minimum atomic E-state index is -4.97. The Morgan fingerprint density at radius 2 is 1.68 bits per heavy atom. The normalized spacial score (nSPS) is 12.6. The number of benzene rings is 1. The van der Waals surface area contributed by atoms with Crippen molar-refractivity contribution in [2.75, 3.05) is 6.54 Å². The molecular formula is C17H22N4O8S2. The highest BCUT2D eigenvalue weighted by Gasteiger charge is 2.26. The summed E-state index contributed by atoms with van der Waals surface area (Å²) in [6, 6.07) is 2.51. The van der Waals surface area contributed by atoms with Crippen molar-refractivity contribution in [3.05, 3.63) is 39.2 Å². The van der Waals surface area contributed by atoms with Gasteiger partial charge in [0.2, 0.25) is 5.88 Å². The lowest BCUT2D eigenvalue weighted by atomic mass is 10.1. The Morgan fingerprint density at radius 1 is 1.06 bits per heavy atom. The number of nitrogens with two attached hydrogens (primary N) is 1. The molecule has 0 aliphatic rings. The summed E-state index contributed by atoms with van der Waals surface area (Å²) in [4.78, 5) is 10.8. The van der Waals surface area contributed by atoms with Crippen molar-refractivity contribution in [3.63, 3.8) is 0 Å². The van der Waals surface area contributed by atoms with Crippen LogP contribution in [0.4, 0.5) is 11.4 Å². The van der Waals surface area contributed by atoms with Gasteiger partial charge in [0.1, 0.15) is 10.6 Å². The van der Waals surface area contributed by atoms with E-state index in [1.807, 2.05) is 0 Å². The first-order valence-corrected chi connectivity index (χ1v) is 11.8. The molecule has 1 heterocycles. The molecule has 0 saturated heterocycles. The van der Waals surface area contributed by atoms with Gasteiger partial charge in [0.25, 0.3) is 25.8 Å². The van der Waals surface area contributed by atoms with E-state index in [0.717, 1.165) is 6.92 Å². The zero-order valence-corrected chi connectivity index (χ0v) is 18.5. The number of hydrogen-bond donors (Lipinski definition) is 4. The molecule has 2 rings (SSSR count). The summed E-state index contributed by atoms with van der Waals surface area (Å²) in [6.45, 7) is 4.28. The Hall–Kier alpha value is -2.65. The van der Waals surface area contributed by atoms with Gasteiger partial charge in [-0.25, -0.2) is 0 Å². The zero-order valence-electron chi connectivity index (χ0n) is 16.9. The fourth-order valence-corrected chi connectivity index (χ4v) is 4.53. The number of rotatable bonds is 7. The summed E-state index contributed by atoms with van der Waals surface area (Å²) in [5.41, 5.74) is 4.39. The third-order valence-corrected chi connectivity index (χ3v) is 6.42. The predicted molar refractivity (Wildman–Crippen MR) is 111 cm³/mol.